The second-order valence-corrected chi connectivity index (χ2v) is 25.2. The molecule has 324 valence electrons. The summed E-state index contributed by atoms with van der Waals surface area (Å²) >= 11 is 0. The Kier molecular flexibility index (Phi) is 16.3. The summed E-state index contributed by atoms with van der Waals surface area (Å²) in [5, 5.41) is 7.88. The molecular weight excluding hydrogens is 765 g/mol. The van der Waals surface area contributed by atoms with E-state index in [0.29, 0.717) is 53.3 Å². The Morgan fingerprint density at radius 1 is 0.344 bits per heavy atom. The minimum Gasteiger partial charge on any atom is -0.0868 e. The fraction of sp³-hybridized carbons (Fsp3) is 0.458. The van der Waals surface area contributed by atoms with Crippen molar-refractivity contribution in [2.75, 3.05) is 0 Å². The van der Waals surface area contributed by atoms with Gasteiger partial charge >= 0.3 is 0 Å². The monoisotopic (exact) mass is 845 g/mol. The van der Waals surface area contributed by atoms with Gasteiger partial charge in [-0.15, -0.1) is 0 Å². The Morgan fingerprint density at radius 3 is 0.902 bits per heavy atom. The van der Waals surface area contributed by atoms with E-state index in [9.17, 15) is 0 Å². The summed E-state index contributed by atoms with van der Waals surface area (Å²) in [6.07, 6.45) is 0. The molecule has 2 radical (unpaired) electrons. The Labute approximate surface area is 378 Å². The molecule has 0 aromatic heterocycles. The molecule has 0 fully saturated rings. The van der Waals surface area contributed by atoms with Crippen molar-refractivity contribution in [3.63, 3.8) is 0 Å². The van der Waals surface area contributed by atoms with E-state index >= 15 is 0 Å². The third-order valence-electron chi connectivity index (χ3n) is 12.9. The summed E-state index contributed by atoms with van der Waals surface area (Å²) in [4.78, 5) is 0. The molecule has 0 unspecified atom stereocenters. The van der Waals surface area contributed by atoms with Gasteiger partial charge in [-0.05, 0) is 124 Å². The first-order valence-corrected chi connectivity index (χ1v) is 26.9. The van der Waals surface area contributed by atoms with E-state index in [1.165, 1.54) is 38.6 Å². The molecule has 0 aliphatic carbocycles. The lowest BCUT2D eigenvalue weighted by atomic mass is 9.89. The summed E-state index contributed by atoms with van der Waals surface area (Å²) in [5.74, 6) is 3.74. The van der Waals surface area contributed by atoms with E-state index in [0.717, 1.165) is 0 Å². The maximum Gasteiger partial charge on any atom is 0.155 e. The van der Waals surface area contributed by atoms with Crippen LogP contribution in [-0.4, -0.2) is 17.6 Å². The molecule has 0 nitrogen and oxygen atoms in total. The molecule has 5 rings (SSSR count). The van der Waals surface area contributed by atoms with E-state index in [2.05, 4.69) is 227 Å². The van der Waals surface area contributed by atoms with Crippen LogP contribution in [0, 0.1) is 0 Å². The highest BCUT2D eigenvalue weighted by Gasteiger charge is 2.35. The van der Waals surface area contributed by atoms with Crippen LogP contribution in [0.1, 0.15) is 234 Å². The molecule has 2 heteroatoms. The van der Waals surface area contributed by atoms with Crippen molar-refractivity contribution in [3.05, 3.63) is 158 Å². The van der Waals surface area contributed by atoms with Crippen LogP contribution in [0.25, 0.3) is 5.20 Å². The summed E-state index contributed by atoms with van der Waals surface area (Å²) < 4.78 is 0. The first kappa shape index (κ1) is 48.3. The van der Waals surface area contributed by atoms with Crippen molar-refractivity contribution < 1.29 is 0 Å². The lowest BCUT2D eigenvalue weighted by Gasteiger charge is -2.33. The van der Waals surface area contributed by atoms with Gasteiger partial charge in [-0.25, -0.2) is 0 Å². The zero-order valence-electron chi connectivity index (χ0n) is 41.5. The number of benzene rings is 5. The second-order valence-electron chi connectivity index (χ2n) is 20.7. The number of hydrogen-bond donors (Lipinski definition) is 0. The Morgan fingerprint density at radius 2 is 0.623 bits per heavy atom. The molecule has 5 aromatic carbocycles. The van der Waals surface area contributed by atoms with Crippen molar-refractivity contribution >= 4 is 43.5 Å². The molecule has 0 amide bonds. The molecule has 5 aromatic rings. The van der Waals surface area contributed by atoms with Crippen LogP contribution in [0.5, 0.6) is 0 Å². The fourth-order valence-electron chi connectivity index (χ4n) is 9.15. The van der Waals surface area contributed by atoms with Crippen molar-refractivity contribution in [1.82, 2.24) is 0 Å². The number of hydrogen-bond acceptors (Lipinski definition) is 0. The molecule has 0 saturated heterocycles. The molecule has 0 spiro atoms. The maximum atomic E-state index is 2.94. The van der Waals surface area contributed by atoms with E-state index in [4.69, 9.17) is 0 Å². The van der Waals surface area contributed by atoms with Crippen molar-refractivity contribution in [1.29, 1.82) is 0 Å². The van der Waals surface area contributed by atoms with Crippen LogP contribution >= 0.6 is 0 Å². The summed E-state index contributed by atoms with van der Waals surface area (Å²) in [6.45, 7) is 43.5. The van der Waals surface area contributed by atoms with Crippen LogP contribution in [0.4, 0.5) is 0 Å². The number of rotatable bonds is 16. The van der Waals surface area contributed by atoms with E-state index in [1.807, 2.05) is 0 Å². The largest absolute Gasteiger partial charge is 0.155 e. The average Bonchev–Trinajstić information content (AvgIpc) is 3.21. The molecule has 0 aliphatic heterocycles. The highest BCUT2D eigenvalue weighted by molar-refractivity contribution is 7.03. The third-order valence-corrected chi connectivity index (χ3v) is 18.9. The standard InChI is InChI=1S/C59H80Si2/c1-36(2)46-29-50(39(7)8)57(51(30-46)40(9)10)60(58-52(41(11)12)31-47(37(3)4)32-53(58)42(13)14)35-56(45-25-21-19-22-26-45)61(49-27-23-20-24-28-49)59-54(43(15)16)33-48(38(5)6)34-55(59)44(17)18/h19-44H,1-18H3/b56-35-. The van der Waals surface area contributed by atoms with Gasteiger partial charge in [0.05, 0.1) is 0 Å². The van der Waals surface area contributed by atoms with E-state index in [1.54, 1.807) is 43.0 Å². The zero-order chi connectivity index (χ0) is 45.0. The SMILES string of the molecule is CC(C)c1cc(C(C)C)c([Si](/C=C(/c2ccccc2)[Si](c2ccccc2)c2c(C(C)C)cc(C(C)C)cc2C(C)C)c2c(C(C)C)cc(C(C)C)cc2C(C)C)c(C(C)C)c1. The molecule has 0 heterocycles. The maximum absolute atomic E-state index is 2.94. The molecule has 0 aliphatic rings. The van der Waals surface area contributed by atoms with Crippen LogP contribution in [0.3, 0.4) is 0 Å². The summed E-state index contributed by atoms with van der Waals surface area (Å²) in [6, 6.07) is 39.0. The molecule has 0 atom stereocenters. The molecular formula is C59H80Si2. The molecule has 0 bridgehead atoms. The molecule has 61 heavy (non-hydrogen) atoms. The van der Waals surface area contributed by atoms with Gasteiger partial charge in [0.15, 0.2) is 8.80 Å². The summed E-state index contributed by atoms with van der Waals surface area (Å²) in [7, 11) is -3.18. The van der Waals surface area contributed by atoms with Gasteiger partial charge in [-0.3, -0.25) is 0 Å². The lowest BCUT2D eigenvalue weighted by molar-refractivity contribution is 0.809. The zero-order valence-corrected chi connectivity index (χ0v) is 43.5. The first-order valence-electron chi connectivity index (χ1n) is 23.9. The lowest BCUT2D eigenvalue weighted by Crippen LogP contribution is -2.52. The topological polar surface area (TPSA) is 0 Å². The van der Waals surface area contributed by atoms with Gasteiger partial charge in [-0.2, -0.15) is 0 Å². The van der Waals surface area contributed by atoms with E-state index < -0.39 is 17.6 Å². The predicted octanol–water partition coefficient (Wildman–Crippen LogP) is 14.9. The van der Waals surface area contributed by atoms with Gasteiger partial charge in [0.25, 0.3) is 0 Å². The quantitative estimate of drug-likeness (QED) is 0.0868. The van der Waals surface area contributed by atoms with Crippen molar-refractivity contribution in [2.45, 2.75) is 178 Å². The first-order chi connectivity index (χ1) is 28.7. The second kappa shape index (κ2) is 20.6. The van der Waals surface area contributed by atoms with Crippen LogP contribution in [-0.2, 0) is 0 Å². The smallest absolute Gasteiger partial charge is 0.0868 e. The minimum absolute atomic E-state index is 0.391. The molecule has 0 N–H and O–H groups in total. The Balaban J connectivity index is 2.15. The van der Waals surface area contributed by atoms with Crippen LogP contribution in [0.15, 0.2) is 103 Å². The predicted molar refractivity (Wildman–Crippen MR) is 277 cm³/mol. The van der Waals surface area contributed by atoms with Gasteiger partial charge in [-0.1, -0.05) is 238 Å². The summed E-state index contributed by atoms with van der Waals surface area (Å²) in [5.41, 5.74) is 18.0. The van der Waals surface area contributed by atoms with Crippen molar-refractivity contribution in [3.8, 4) is 0 Å². The van der Waals surface area contributed by atoms with Crippen molar-refractivity contribution in [2.24, 2.45) is 0 Å². The van der Waals surface area contributed by atoms with Gasteiger partial charge in [0.1, 0.15) is 8.80 Å². The highest BCUT2D eigenvalue weighted by atomic mass is 28.3. The van der Waals surface area contributed by atoms with Crippen LogP contribution in [0.2, 0.25) is 0 Å². The normalized spacial score (nSPS) is 12.8. The van der Waals surface area contributed by atoms with E-state index in [-0.39, 0.29) is 0 Å². The van der Waals surface area contributed by atoms with Gasteiger partial charge < -0.3 is 0 Å². The average molecular weight is 845 g/mol. The molecule has 0 saturated carbocycles. The highest BCUT2D eigenvalue weighted by Crippen LogP contribution is 2.34. The third kappa shape index (κ3) is 10.7. The van der Waals surface area contributed by atoms with Crippen LogP contribution < -0.4 is 20.7 Å². The fourth-order valence-corrected chi connectivity index (χ4v) is 17.0. The Hall–Kier alpha value is -3.73. The van der Waals surface area contributed by atoms with Gasteiger partial charge in [0.2, 0.25) is 0 Å². The Bertz CT molecular complexity index is 2080. The van der Waals surface area contributed by atoms with Gasteiger partial charge in [0, 0.05) is 0 Å². The minimum atomic E-state index is -1.61.